The van der Waals surface area contributed by atoms with E-state index < -0.39 is 42.6 Å². The van der Waals surface area contributed by atoms with Crippen molar-refractivity contribution in [3.63, 3.8) is 0 Å². The van der Waals surface area contributed by atoms with Crippen molar-refractivity contribution in [3.8, 4) is 0 Å². The van der Waals surface area contributed by atoms with Gasteiger partial charge in [0.25, 0.3) is 0 Å². The first-order valence-corrected chi connectivity index (χ1v) is 14.6. The van der Waals surface area contributed by atoms with Gasteiger partial charge in [-0.25, -0.2) is 9.59 Å². The highest BCUT2D eigenvalue weighted by molar-refractivity contribution is 5.89. The van der Waals surface area contributed by atoms with Gasteiger partial charge in [-0.15, -0.1) is 0 Å². The predicted molar refractivity (Wildman–Crippen MR) is 160 cm³/mol. The van der Waals surface area contributed by atoms with E-state index in [4.69, 9.17) is 29.2 Å². The van der Waals surface area contributed by atoms with Gasteiger partial charge in [-0.05, 0) is 41.6 Å². The van der Waals surface area contributed by atoms with Crippen molar-refractivity contribution >= 4 is 11.9 Å². The number of nitrogens with zero attached hydrogens (tertiary/aromatic N) is 3. The summed E-state index contributed by atoms with van der Waals surface area (Å²) >= 11 is 0. The molecule has 1 aliphatic rings. The average molecular weight is 604 g/mol. The van der Waals surface area contributed by atoms with Crippen molar-refractivity contribution in [2.45, 2.75) is 69.6 Å². The van der Waals surface area contributed by atoms with Crippen molar-refractivity contribution < 1.29 is 38.4 Å². The zero-order valence-electron chi connectivity index (χ0n) is 24.4. The Morgan fingerprint density at radius 1 is 0.795 bits per heavy atom. The molecule has 0 unspecified atom stereocenters. The topological polar surface area (TPSA) is 149 Å². The summed E-state index contributed by atoms with van der Waals surface area (Å²) in [6, 6.07) is 26.8. The monoisotopic (exact) mass is 603 g/mol. The van der Waals surface area contributed by atoms with Gasteiger partial charge in [-0.1, -0.05) is 96.8 Å². The number of rotatable bonds is 16. The molecule has 11 heteroatoms. The standard InChI is InChI=1S/C33H37N3O8/c34-36-35-20-12-1-2-13-21-40-33-29(43-31(38)26-18-10-5-11-19-26)27(37)28(41-22-24-14-6-3-7-15-24)30(44-33)32(39)42-23-25-16-8-4-9-17-25/h3-11,14-19,27-30,33,37H,1-2,12-13,20-23H2/t27-,28-,29+,30-,33+/m0/s1. The van der Waals surface area contributed by atoms with Crippen LogP contribution in [-0.2, 0) is 41.7 Å². The van der Waals surface area contributed by atoms with Gasteiger partial charge in [0.05, 0.1) is 12.2 Å². The van der Waals surface area contributed by atoms with E-state index in [1.165, 1.54) is 0 Å². The van der Waals surface area contributed by atoms with Crippen molar-refractivity contribution in [1.29, 1.82) is 0 Å². The molecular weight excluding hydrogens is 566 g/mol. The molecule has 0 saturated carbocycles. The number of aliphatic hydroxyl groups excluding tert-OH is 1. The third kappa shape index (κ3) is 9.90. The molecule has 232 valence electrons. The fourth-order valence-corrected chi connectivity index (χ4v) is 4.69. The zero-order valence-corrected chi connectivity index (χ0v) is 24.4. The van der Waals surface area contributed by atoms with Gasteiger partial charge in [-0.2, -0.15) is 0 Å². The van der Waals surface area contributed by atoms with E-state index in [1.807, 2.05) is 60.7 Å². The maximum Gasteiger partial charge on any atom is 0.338 e. The Balaban J connectivity index is 1.51. The van der Waals surface area contributed by atoms with Crippen molar-refractivity contribution in [2.24, 2.45) is 5.11 Å². The third-order valence-electron chi connectivity index (χ3n) is 7.01. The molecule has 1 heterocycles. The van der Waals surface area contributed by atoms with Gasteiger partial charge in [0, 0.05) is 18.1 Å². The minimum absolute atomic E-state index is 0.00513. The fourth-order valence-electron chi connectivity index (χ4n) is 4.69. The zero-order chi connectivity index (χ0) is 31.0. The normalized spacial score (nSPS) is 21.2. The van der Waals surface area contributed by atoms with Crippen LogP contribution in [0.3, 0.4) is 0 Å². The summed E-state index contributed by atoms with van der Waals surface area (Å²) in [5, 5.41) is 15.1. The van der Waals surface area contributed by atoms with E-state index in [0.717, 1.165) is 30.4 Å². The lowest BCUT2D eigenvalue weighted by molar-refractivity contribution is -0.302. The second-order valence-electron chi connectivity index (χ2n) is 10.2. The summed E-state index contributed by atoms with van der Waals surface area (Å²) in [5.74, 6) is -1.43. The largest absolute Gasteiger partial charge is 0.459 e. The maximum atomic E-state index is 13.4. The molecule has 44 heavy (non-hydrogen) atoms. The van der Waals surface area contributed by atoms with E-state index >= 15 is 0 Å². The van der Waals surface area contributed by atoms with Gasteiger partial charge in [0.1, 0.15) is 18.8 Å². The van der Waals surface area contributed by atoms with Crippen molar-refractivity contribution in [3.05, 3.63) is 118 Å². The molecule has 3 aromatic carbocycles. The Kier molecular flexibility index (Phi) is 13.2. The van der Waals surface area contributed by atoms with Crippen LogP contribution in [0.4, 0.5) is 0 Å². The van der Waals surface area contributed by atoms with E-state index in [9.17, 15) is 14.7 Å². The van der Waals surface area contributed by atoms with E-state index in [1.54, 1.807) is 30.3 Å². The molecule has 1 saturated heterocycles. The lowest BCUT2D eigenvalue weighted by Crippen LogP contribution is -2.62. The predicted octanol–water partition coefficient (Wildman–Crippen LogP) is 5.51. The Hall–Kier alpha value is -4.25. The number of esters is 2. The Labute approximate surface area is 256 Å². The number of hydrogen-bond acceptors (Lipinski definition) is 9. The summed E-state index contributed by atoms with van der Waals surface area (Å²) < 4.78 is 29.5. The van der Waals surface area contributed by atoms with Crippen molar-refractivity contribution in [2.75, 3.05) is 13.2 Å². The van der Waals surface area contributed by atoms with Crippen LogP contribution in [0.25, 0.3) is 10.4 Å². The quantitative estimate of drug-likeness (QED) is 0.0740. The van der Waals surface area contributed by atoms with Crippen LogP contribution < -0.4 is 0 Å². The summed E-state index contributed by atoms with van der Waals surface area (Å²) in [6.07, 6.45) is -3.66. The van der Waals surface area contributed by atoms with E-state index in [2.05, 4.69) is 10.0 Å². The summed E-state index contributed by atoms with van der Waals surface area (Å²) in [5.41, 5.74) is 10.3. The second-order valence-corrected chi connectivity index (χ2v) is 10.2. The van der Waals surface area contributed by atoms with Crippen LogP contribution in [0.1, 0.15) is 47.2 Å². The number of azide groups is 1. The van der Waals surface area contributed by atoms with Gasteiger partial charge in [-0.3, -0.25) is 0 Å². The molecule has 0 radical (unpaired) electrons. The maximum absolute atomic E-state index is 13.4. The summed E-state index contributed by atoms with van der Waals surface area (Å²) in [4.78, 5) is 29.2. The molecule has 0 aromatic heterocycles. The first kappa shape index (κ1) is 32.7. The first-order chi connectivity index (χ1) is 21.6. The molecule has 0 bridgehead atoms. The Morgan fingerprint density at radius 2 is 1.41 bits per heavy atom. The molecule has 11 nitrogen and oxygen atoms in total. The minimum Gasteiger partial charge on any atom is -0.459 e. The minimum atomic E-state index is -1.48. The number of carbonyl (C=O) groups is 2. The number of aliphatic hydroxyl groups is 1. The number of carbonyl (C=O) groups excluding carboxylic acids is 2. The Bertz CT molecular complexity index is 1340. The van der Waals surface area contributed by atoms with Crippen LogP contribution in [0, 0.1) is 0 Å². The smallest absolute Gasteiger partial charge is 0.338 e. The number of hydrogen-bond donors (Lipinski definition) is 1. The van der Waals surface area contributed by atoms with Gasteiger partial charge in [0.2, 0.25) is 0 Å². The number of unbranched alkanes of at least 4 members (excludes halogenated alkanes) is 3. The Morgan fingerprint density at radius 3 is 2.07 bits per heavy atom. The van der Waals surface area contributed by atoms with Crippen LogP contribution >= 0.6 is 0 Å². The van der Waals surface area contributed by atoms with Gasteiger partial charge in [0.15, 0.2) is 18.5 Å². The molecule has 4 rings (SSSR count). The lowest BCUT2D eigenvalue weighted by Gasteiger charge is -2.42. The molecule has 1 aliphatic heterocycles. The number of ether oxygens (including phenoxy) is 5. The average Bonchev–Trinajstić information content (AvgIpc) is 3.07. The highest BCUT2D eigenvalue weighted by Crippen LogP contribution is 2.29. The van der Waals surface area contributed by atoms with Crippen LogP contribution in [-0.4, -0.2) is 60.9 Å². The highest BCUT2D eigenvalue weighted by Gasteiger charge is 2.52. The van der Waals surface area contributed by atoms with Crippen LogP contribution in [0.5, 0.6) is 0 Å². The second kappa shape index (κ2) is 17.8. The van der Waals surface area contributed by atoms with Gasteiger partial charge < -0.3 is 28.8 Å². The summed E-state index contributed by atoms with van der Waals surface area (Å²) in [7, 11) is 0. The molecular formula is C33H37N3O8. The van der Waals surface area contributed by atoms with E-state index in [0.29, 0.717) is 13.0 Å². The molecule has 0 aliphatic carbocycles. The molecule has 1 fully saturated rings. The lowest BCUT2D eigenvalue weighted by atomic mass is 9.98. The molecule has 5 atom stereocenters. The van der Waals surface area contributed by atoms with E-state index in [-0.39, 0.29) is 25.4 Å². The highest BCUT2D eigenvalue weighted by atomic mass is 16.7. The molecule has 0 amide bonds. The third-order valence-corrected chi connectivity index (χ3v) is 7.01. The SMILES string of the molecule is [N-]=[N+]=NCCCCCCO[C@@H]1O[C@H](C(=O)OCc2ccccc2)[C@@H](OCc2ccccc2)[C@H](O)[C@H]1OC(=O)c1ccccc1. The summed E-state index contributed by atoms with van der Waals surface area (Å²) in [6.45, 7) is 0.688. The van der Waals surface area contributed by atoms with Crippen molar-refractivity contribution in [1.82, 2.24) is 0 Å². The fraction of sp³-hybridized carbons (Fsp3) is 0.394. The van der Waals surface area contributed by atoms with Gasteiger partial charge >= 0.3 is 11.9 Å². The molecule has 3 aromatic rings. The van der Waals surface area contributed by atoms with Crippen LogP contribution in [0.15, 0.2) is 96.1 Å². The first-order valence-electron chi connectivity index (χ1n) is 14.6. The molecule has 0 spiro atoms. The number of benzene rings is 3. The molecule has 1 N–H and O–H groups in total. The van der Waals surface area contributed by atoms with Crippen LogP contribution in [0.2, 0.25) is 0 Å².